The van der Waals surface area contributed by atoms with Crippen LogP contribution in [-0.2, 0) is 27.2 Å². The zero-order valence-corrected chi connectivity index (χ0v) is 15.7. The zero-order valence-electron chi connectivity index (χ0n) is 14.9. The molecule has 146 valence electrons. The second-order valence-corrected chi connectivity index (χ2v) is 7.09. The van der Waals surface area contributed by atoms with E-state index in [4.69, 9.17) is 9.47 Å². The van der Waals surface area contributed by atoms with Crippen LogP contribution in [0.15, 0.2) is 10.2 Å². The van der Waals surface area contributed by atoms with Crippen molar-refractivity contribution in [1.82, 2.24) is 14.9 Å². The predicted molar refractivity (Wildman–Crippen MR) is 98.4 cm³/mol. The van der Waals surface area contributed by atoms with Gasteiger partial charge in [0, 0.05) is 32.1 Å². The highest BCUT2D eigenvalue weighted by Crippen LogP contribution is 2.22. The summed E-state index contributed by atoms with van der Waals surface area (Å²) < 4.78 is 11.7. The van der Waals surface area contributed by atoms with Crippen LogP contribution in [0.25, 0.3) is 10.2 Å². The van der Waals surface area contributed by atoms with Gasteiger partial charge in [0.1, 0.15) is 17.2 Å². The standard InChI is InChI=1S/C17H21N3O6S/c1-25-6-4-12-19-15-14(11(9-27-15)17(23)24)16(22)20(12)8-13(21)18-7-10-3-2-5-26-10/h9-10H,2-8H2,1H3,(H,18,21)(H,23,24). The lowest BCUT2D eigenvalue weighted by atomic mass is 10.2. The van der Waals surface area contributed by atoms with Gasteiger partial charge in [-0.2, -0.15) is 0 Å². The van der Waals surface area contributed by atoms with E-state index in [1.165, 1.54) is 17.1 Å². The van der Waals surface area contributed by atoms with E-state index < -0.39 is 11.5 Å². The van der Waals surface area contributed by atoms with Gasteiger partial charge in [0.15, 0.2) is 0 Å². The van der Waals surface area contributed by atoms with Gasteiger partial charge in [0.05, 0.1) is 23.7 Å². The first-order chi connectivity index (χ1) is 13.0. The summed E-state index contributed by atoms with van der Waals surface area (Å²) in [6, 6.07) is 0. The molecular formula is C17H21N3O6S. The molecule has 0 bridgehead atoms. The van der Waals surface area contributed by atoms with Crippen LogP contribution >= 0.6 is 11.3 Å². The van der Waals surface area contributed by atoms with Crippen LogP contribution in [0.1, 0.15) is 29.0 Å². The van der Waals surface area contributed by atoms with E-state index in [0.29, 0.717) is 36.8 Å². The normalized spacial score (nSPS) is 16.7. The van der Waals surface area contributed by atoms with Gasteiger partial charge < -0.3 is 19.9 Å². The van der Waals surface area contributed by atoms with Crippen molar-refractivity contribution in [3.8, 4) is 0 Å². The van der Waals surface area contributed by atoms with E-state index in [-0.39, 0.29) is 29.5 Å². The number of nitrogens with one attached hydrogen (secondary N) is 1. The fourth-order valence-electron chi connectivity index (χ4n) is 3.00. The maximum absolute atomic E-state index is 12.9. The Hall–Kier alpha value is -2.30. The summed E-state index contributed by atoms with van der Waals surface area (Å²) in [5.74, 6) is -1.15. The minimum atomic E-state index is -1.20. The highest BCUT2D eigenvalue weighted by Gasteiger charge is 2.21. The molecule has 1 aliphatic rings. The first-order valence-electron chi connectivity index (χ1n) is 8.62. The Morgan fingerprint density at radius 2 is 2.33 bits per heavy atom. The Labute approximate surface area is 158 Å². The number of nitrogens with zero attached hydrogens (tertiary/aromatic N) is 2. The number of hydrogen-bond donors (Lipinski definition) is 2. The summed E-state index contributed by atoms with van der Waals surface area (Å²) in [7, 11) is 1.53. The van der Waals surface area contributed by atoms with Gasteiger partial charge in [-0.05, 0) is 12.8 Å². The van der Waals surface area contributed by atoms with E-state index in [1.807, 2.05) is 0 Å². The van der Waals surface area contributed by atoms with E-state index in [9.17, 15) is 19.5 Å². The SMILES string of the molecule is COCCc1nc2scc(C(=O)O)c2c(=O)n1CC(=O)NCC1CCCO1. The summed E-state index contributed by atoms with van der Waals surface area (Å²) in [4.78, 5) is 41.4. The van der Waals surface area contributed by atoms with E-state index in [2.05, 4.69) is 10.3 Å². The molecular weight excluding hydrogens is 374 g/mol. The molecule has 1 saturated heterocycles. The van der Waals surface area contributed by atoms with Gasteiger partial charge >= 0.3 is 5.97 Å². The fourth-order valence-corrected chi connectivity index (χ4v) is 3.92. The number of aromatic carboxylic acids is 1. The summed E-state index contributed by atoms with van der Waals surface area (Å²) in [6.45, 7) is 1.17. The zero-order chi connectivity index (χ0) is 19.4. The molecule has 0 spiro atoms. The average molecular weight is 395 g/mol. The molecule has 1 aliphatic heterocycles. The lowest BCUT2D eigenvalue weighted by molar-refractivity contribution is -0.122. The predicted octanol–water partition coefficient (Wildman–Crippen LogP) is 0.640. The second kappa shape index (κ2) is 8.59. The van der Waals surface area contributed by atoms with Crippen molar-refractivity contribution in [2.75, 3.05) is 26.9 Å². The third-order valence-electron chi connectivity index (χ3n) is 4.39. The third kappa shape index (κ3) is 4.34. The van der Waals surface area contributed by atoms with Crippen molar-refractivity contribution in [3.05, 3.63) is 27.1 Å². The molecule has 1 atom stereocenters. The van der Waals surface area contributed by atoms with Gasteiger partial charge in [-0.15, -0.1) is 11.3 Å². The number of carboxylic acid groups (broad SMARTS) is 1. The molecule has 0 saturated carbocycles. The van der Waals surface area contributed by atoms with Crippen molar-refractivity contribution >= 4 is 33.4 Å². The molecule has 2 N–H and O–H groups in total. The number of carbonyl (C=O) groups is 2. The summed E-state index contributed by atoms with van der Waals surface area (Å²) in [5.41, 5.74) is -0.628. The highest BCUT2D eigenvalue weighted by molar-refractivity contribution is 7.17. The number of carbonyl (C=O) groups excluding carboxylic acids is 1. The minimum absolute atomic E-state index is 0.00488. The molecule has 0 radical (unpaired) electrons. The number of fused-ring (bicyclic) bond motifs is 1. The van der Waals surface area contributed by atoms with Crippen LogP contribution in [0.5, 0.6) is 0 Å². The second-order valence-electron chi connectivity index (χ2n) is 6.24. The van der Waals surface area contributed by atoms with Gasteiger partial charge in [-0.1, -0.05) is 0 Å². The van der Waals surface area contributed by atoms with Crippen molar-refractivity contribution in [2.45, 2.75) is 31.9 Å². The number of amides is 1. The number of carboxylic acids is 1. The van der Waals surface area contributed by atoms with Crippen LogP contribution in [-0.4, -0.2) is 59.5 Å². The van der Waals surface area contributed by atoms with E-state index >= 15 is 0 Å². The molecule has 0 aliphatic carbocycles. The van der Waals surface area contributed by atoms with E-state index in [1.54, 1.807) is 0 Å². The van der Waals surface area contributed by atoms with Crippen LogP contribution in [0.3, 0.4) is 0 Å². The van der Waals surface area contributed by atoms with Crippen LogP contribution < -0.4 is 10.9 Å². The highest BCUT2D eigenvalue weighted by atomic mass is 32.1. The lowest BCUT2D eigenvalue weighted by Gasteiger charge is -2.14. The molecule has 2 aromatic rings. The van der Waals surface area contributed by atoms with Crippen molar-refractivity contribution in [3.63, 3.8) is 0 Å². The van der Waals surface area contributed by atoms with Gasteiger partial charge in [-0.25, -0.2) is 9.78 Å². The van der Waals surface area contributed by atoms with Crippen LogP contribution in [0.4, 0.5) is 0 Å². The van der Waals surface area contributed by atoms with Crippen molar-refractivity contribution in [2.24, 2.45) is 0 Å². The maximum atomic E-state index is 12.9. The first kappa shape index (κ1) is 19.5. The van der Waals surface area contributed by atoms with Crippen molar-refractivity contribution in [1.29, 1.82) is 0 Å². The van der Waals surface area contributed by atoms with Gasteiger partial charge in [0.2, 0.25) is 5.91 Å². The van der Waals surface area contributed by atoms with E-state index in [0.717, 1.165) is 24.2 Å². The summed E-state index contributed by atoms with van der Waals surface area (Å²) >= 11 is 1.10. The fraction of sp³-hybridized carbons (Fsp3) is 0.529. The number of ether oxygens (including phenoxy) is 2. The number of hydrogen-bond acceptors (Lipinski definition) is 7. The van der Waals surface area contributed by atoms with Gasteiger partial charge in [0.25, 0.3) is 5.56 Å². The average Bonchev–Trinajstić information content (AvgIpc) is 3.30. The number of rotatable bonds is 8. The quantitative estimate of drug-likeness (QED) is 0.673. The topological polar surface area (TPSA) is 120 Å². The Balaban J connectivity index is 1.89. The Morgan fingerprint density at radius 3 is 3.00 bits per heavy atom. The summed E-state index contributed by atoms with van der Waals surface area (Å²) in [5, 5.41) is 13.5. The molecule has 2 aromatic heterocycles. The number of methoxy groups -OCH3 is 1. The smallest absolute Gasteiger partial charge is 0.337 e. The molecule has 27 heavy (non-hydrogen) atoms. The lowest BCUT2D eigenvalue weighted by Crippen LogP contribution is -2.38. The summed E-state index contributed by atoms with van der Waals surface area (Å²) in [6.07, 6.45) is 2.19. The third-order valence-corrected chi connectivity index (χ3v) is 5.26. The minimum Gasteiger partial charge on any atom is -0.478 e. The molecule has 0 aromatic carbocycles. The molecule has 1 amide bonds. The van der Waals surface area contributed by atoms with Gasteiger partial charge in [-0.3, -0.25) is 14.2 Å². The monoisotopic (exact) mass is 395 g/mol. The van der Waals surface area contributed by atoms with Crippen molar-refractivity contribution < 1.29 is 24.2 Å². The molecule has 1 fully saturated rings. The molecule has 1 unspecified atom stereocenters. The number of thiophene rings is 1. The molecule has 3 heterocycles. The molecule has 9 nitrogen and oxygen atoms in total. The first-order valence-corrected chi connectivity index (χ1v) is 9.50. The van der Waals surface area contributed by atoms with Crippen LogP contribution in [0, 0.1) is 0 Å². The Bertz CT molecular complexity index is 900. The maximum Gasteiger partial charge on any atom is 0.337 e. The Kier molecular flexibility index (Phi) is 6.19. The number of aromatic nitrogens is 2. The largest absolute Gasteiger partial charge is 0.478 e. The Morgan fingerprint density at radius 1 is 1.52 bits per heavy atom. The van der Waals surface area contributed by atoms with Crippen LogP contribution in [0.2, 0.25) is 0 Å². The molecule has 3 rings (SSSR count). The molecule has 10 heteroatoms.